The Balaban J connectivity index is 1.47. The van der Waals surface area contributed by atoms with E-state index in [1.807, 2.05) is 44.2 Å². The summed E-state index contributed by atoms with van der Waals surface area (Å²) in [5.41, 5.74) is 3.34. The zero-order valence-electron chi connectivity index (χ0n) is 17.2. The van der Waals surface area contributed by atoms with Gasteiger partial charge in [-0.2, -0.15) is 5.10 Å². The first kappa shape index (κ1) is 22.3. The highest BCUT2D eigenvalue weighted by Gasteiger charge is 2.29. The fraction of sp³-hybridized carbons (Fsp3) is 0.286. The summed E-state index contributed by atoms with van der Waals surface area (Å²) in [7, 11) is 0. The van der Waals surface area contributed by atoms with Crippen molar-refractivity contribution in [1.29, 1.82) is 0 Å². The maximum atomic E-state index is 12.0. The number of imide groups is 1. The molecule has 3 rings (SSSR count). The second-order valence-electron chi connectivity index (χ2n) is 6.72. The summed E-state index contributed by atoms with van der Waals surface area (Å²) in [5.74, 6) is -1.33. The Hall–Kier alpha value is -3.40. The number of nitrogens with zero attached hydrogens (tertiary/aromatic N) is 3. The van der Waals surface area contributed by atoms with Crippen LogP contribution in [0.1, 0.15) is 17.0 Å². The molecule has 1 aromatic heterocycles. The Morgan fingerprint density at radius 3 is 2.65 bits per heavy atom. The van der Waals surface area contributed by atoms with Crippen LogP contribution in [0.4, 0.5) is 4.79 Å². The van der Waals surface area contributed by atoms with Gasteiger partial charge in [0.15, 0.2) is 6.61 Å². The van der Waals surface area contributed by atoms with Crippen LogP contribution in [-0.2, 0) is 19.1 Å². The third-order valence-electron chi connectivity index (χ3n) is 4.58. The lowest BCUT2D eigenvalue weighted by Gasteiger charge is -2.12. The average Bonchev–Trinajstić information content (AvgIpc) is 3.23. The van der Waals surface area contributed by atoms with Gasteiger partial charge in [-0.15, -0.1) is 0 Å². The fourth-order valence-electron chi connectivity index (χ4n) is 3.01. The van der Waals surface area contributed by atoms with E-state index < -0.39 is 18.5 Å². The zero-order valence-corrected chi connectivity index (χ0v) is 18.0. The van der Waals surface area contributed by atoms with Crippen molar-refractivity contribution < 1.29 is 23.9 Å². The van der Waals surface area contributed by atoms with Crippen LogP contribution in [0, 0.1) is 13.8 Å². The number of carbonyl (C=O) groups excluding carboxylic acids is 4. The minimum absolute atomic E-state index is 0.0915. The lowest BCUT2D eigenvalue weighted by atomic mass is 10.2. The van der Waals surface area contributed by atoms with Gasteiger partial charge in [-0.25, -0.2) is 9.48 Å². The minimum atomic E-state index is -0.664. The van der Waals surface area contributed by atoms with Crippen LogP contribution < -0.4 is 5.32 Å². The fourth-order valence-corrected chi connectivity index (χ4v) is 3.76. The van der Waals surface area contributed by atoms with E-state index in [1.165, 1.54) is 6.08 Å². The van der Waals surface area contributed by atoms with Gasteiger partial charge in [0.05, 0.1) is 17.1 Å². The van der Waals surface area contributed by atoms with E-state index in [1.54, 1.807) is 10.8 Å². The summed E-state index contributed by atoms with van der Waals surface area (Å²) >= 11 is 0.934. The van der Waals surface area contributed by atoms with Crippen LogP contribution >= 0.6 is 11.8 Å². The van der Waals surface area contributed by atoms with Crippen molar-refractivity contribution >= 4 is 40.9 Å². The van der Waals surface area contributed by atoms with Crippen molar-refractivity contribution in [3.63, 3.8) is 0 Å². The summed E-state index contributed by atoms with van der Waals surface area (Å²) in [6.07, 6.45) is 2.86. The van der Waals surface area contributed by atoms with Gasteiger partial charge in [0.1, 0.15) is 0 Å². The highest BCUT2D eigenvalue weighted by atomic mass is 32.2. The number of amides is 3. The number of benzene rings is 1. The molecule has 0 saturated carbocycles. The molecular formula is C21H22N4O5S. The molecule has 9 nitrogen and oxygen atoms in total. The molecular weight excluding hydrogens is 420 g/mol. The summed E-state index contributed by atoms with van der Waals surface area (Å²) < 4.78 is 6.74. The molecule has 31 heavy (non-hydrogen) atoms. The number of thioether (sulfide) groups is 1. The Morgan fingerprint density at radius 2 is 1.97 bits per heavy atom. The molecule has 0 unspecified atom stereocenters. The maximum absolute atomic E-state index is 12.0. The van der Waals surface area contributed by atoms with Crippen LogP contribution in [0.15, 0.2) is 36.4 Å². The minimum Gasteiger partial charge on any atom is -0.452 e. The summed E-state index contributed by atoms with van der Waals surface area (Å²) in [4.78, 5) is 47.8. The largest absolute Gasteiger partial charge is 0.452 e. The van der Waals surface area contributed by atoms with E-state index in [-0.39, 0.29) is 30.0 Å². The zero-order chi connectivity index (χ0) is 22.4. The molecule has 1 aliphatic rings. The molecule has 0 aliphatic carbocycles. The molecule has 2 heterocycles. The first-order valence-corrected chi connectivity index (χ1v) is 10.6. The van der Waals surface area contributed by atoms with Crippen molar-refractivity contribution in [2.24, 2.45) is 0 Å². The predicted molar refractivity (Wildman–Crippen MR) is 116 cm³/mol. The number of aryl methyl sites for hydroxylation is 1. The molecule has 1 aromatic carbocycles. The number of rotatable bonds is 8. The topological polar surface area (TPSA) is 111 Å². The number of hydrogen-bond acceptors (Lipinski definition) is 7. The van der Waals surface area contributed by atoms with Gasteiger partial charge >= 0.3 is 5.97 Å². The molecule has 1 N–H and O–H groups in total. The number of ether oxygens (including phenoxy) is 1. The van der Waals surface area contributed by atoms with E-state index in [0.29, 0.717) is 0 Å². The molecule has 3 amide bonds. The molecule has 0 atom stereocenters. The molecule has 162 valence electrons. The molecule has 1 aliphatic heterocycles. The van der Waals surface area contributed by atoms with Crippen LogP contribution in [0.2, 0.25) is 0 Å². The second-order valence-corrected chi connectivity index (χ2v) is 7.65. The lowest BCUT2D eigenvalue weighted by molar-refractivity contribution is -0.143. The van der Waals surface area contributed by atoms with Gasteiger partial charge in [-0.05, 0) is 32.1 Å². The van der Waals surface area contributed by atoms with Crippen LogP contribution in [0.25, 0.3) is 11.8 Å². The normalized spacial score (nSPS) is 13.8. The van der Waals surface area contributed by atoms with Gasteiger partial charge in [0.25, 0.3) is 11.1 Å². The van der Waals surface area contributed by atoms with Gasteiger partial charge in [0.2, 0.25) is 5.91 Å². The third kappa shape index (κ3) is 5.60. The highest BCUT2D eigenvalue weighted by Crippen LogP contribution is 2.19. The van der Waals surface area contributed by atoms with E-state index in [9.17, 15) is 19.2 Å². The number of aromatic nitrogens is 2. The number of para-hydroxylation sites is 1. The number of hydrogen-bond donors (Lipinski definition) is 1. The molecule has 10 heteroatoms. The van der Waals surface area contributed by atoms with Crippen molar-refractivity contribution in [3.05, 3.63) is 53.4 Å². The van der Waals surface area contributed by atoms with Crippen LogP contribution in [0.3, 0.4) is 0 Å². The third-order valence-corrected chi connectivity index (χ3v) is 5.44. The number of carbonyl (C=O) groups is 4. The number of nitrogens with one attached hydrogen (secondary N) is 1. The highest BCUT2D eigenvalue weighted by molar-refractivity contribution is 8.14. The lowest BCUT2D eigenvalue weighted by Crippen LogP contribution is -2.38. The van der Waals surface area contributed by atoms with Crippen molar-refractivity contribution in [2.75, 3.05) is 25.4 Å². The quantitative estimate of drug-likeness (QED) is 0.491. The van der Waals surface area contributed by atoms with Crippen molar-refractivity contribution in [2.45, 2.75) is 13.8 Å². The molecule has 0 radical (unpaired) electrons. The van der Waals surface area contributed by atoms with Gasteiger partial charge < -0.3 is 10.1 Å². The van der Waals surface area contributed by atoms with Crippen LogP contribution in [0.5, 0.6) is 0 Å². The van der Waals surface area contributed by atoms with Gasteiger partial charge in [0, 0.05) is 30.4 Å². The monoisotopic (exact) mass is 442 g/mol. The standard InChI is InChI=1S/C21H22N4O5S/c1-14-17(15(2)25(23-14)16-6-4-3-5-7-16)8-9-20(28)30-12-18(26)22-10-11-24-19(27)13-31-21(24)29/h3-9H,10-13H2,1-2H3,(H,22,26). The summed E-state index contributed by atoms with van der Waals surface area (Å²) in [6.45, 7) is 3.48. The summed E-state index contributed by atoms with van der Waals surface area (Å²) in [6, 6.07) is 9.64. The van der Waals surface area contributed by atoms with Crippen molar-refractivity contribution in [3.8, 4) is 5.69 Å². The van der Waals surface area contributed by atoms with Gasteiger partial charge in [-0.1, -0.05) is 30.0 Å². The first-order valence-electron chi connectivity index (χ1n) is 9.57. The first-order chi connectivity index (χ1) is 14.9. The molecule has 0 spiro atoms. The van der Waals surface area contributed by atoms with E-state index >= 15 is 0 Å². The maximum Gasteiger partial charge on any atom is 0.331 e. The average molecular weight is 442 g/mol. The Kier molecular flexibility index (Phi) is 7.24. The van der Waals surface area contributed by atoms with E-state index in [0.717, 1.165) is 39.3 Å². The molecule has 0 bridgehead atoms. The molecule has 1 fully saturated rings. The van der Waals surface area contributed by atoms with Crippen molar-refractivity contribution in [1.82, 2.24) is 20.0 Å². The second kappa shape index (κ2) is 10.1. The predicted octanol–water partition coefficient (Wildman–Crippen LogP) is 1.86. The van der Waals surface area contributed by atoms with Crippen LogP contribution in [-0.4, -0.2) is 63.2 Å². The smallest absolute Gasteiger partial charge is 0.331 e. The Bertz CT molecular complexity index is 1020. The van der Waals surface area contributed by atoms with Gasteiger partial charge in [-0.3, -0.25) is 19.3 Å². The molecule has 1 saturated heterocycles. The Labute approximate surface area is 183 Å². The molecule has 2 aromatic rings. The number of esters is 1. The Morgan fingerprint density at radius 1 is 1.23 bits per heavy atom. The van der Waals surface area contributed by atoms with E-state index in [2.05, 4.69) is 10.4 Å². The van der Waals surface area contributed by atoms with E-state index in [4.69, 9.17) is 4.74 Å². The summed E-state index contributed by atoms with van der Waals surface area (Å²) in [5, 5.41) is 6.69. The SMILES string of the molecule is Cc1nn(-c2ccccc2)c(C)c1C=CC(=O)OCC(=O)NCCN1C(=O)CSC1=O.